The number of hydrazone groups is 1. The monoisotopic (exact) mass is 322 g/mol. The van der Waals surface area contributed by atoms with Gasteiger partial charge in [-0.1, -0.05) is 0 Å². The van der Waals surface area contributed by atoms with Gasteiger partial charge < -0.3 is 9.47 Å². The number of methoxy groups -OCH3 is 1. The number of hydrogen-bond acceptors (Lipinski definition) is 6. The molecule has 1 atom stereocenters. The fourth-order valence-electron chi connectivity index (χ4n) is 1.70. The van der Waals surface area contributed by atoms with Crippen molar-refractivity contribution in [2.45, 2.75) is 12.3 Å². The summed E-state index contributed by atoms with van der Waals surface area (Å²) in [5.41, 5.74) is 3.29. The van der Waals surface area contributed by atoms with E-state index < -0.39 is 11.3 Å². The molecule has 2 rings (SSSR count). The SMILES string of the molecule is CCOc1ccc(/C=N\N=C2\C=NNC(=O)C2Cl)cc1OC. The maximum absolute atomic E-state index is 11.3. The van der Waals surface area contributed by atoms with E-state index in [9.17, 15) is 4.79 Å². The van der Waals surface area contributed by atoms with E-state index in [0.29, 0.717) is 18.1 Å². The molecule has 1 unspecified atom stereocenters. The van der Waals surface area contributed by atoms with Crippen LogP contribution in [0.3, 0.4) is 0 Å². The molecular formula is C14H15ClN4O3. The van der Waals surface area contributed by atoms with Crippen molar-refractivity contribution in [2.75, 3.05) is 13.7 Å². The predicted octanol–water partition coefficient (Wildman–Crippen LogP) is 1.59. The lowest BCUT2D eigenvalue weighted by molar-refractivity contribution is -0.119. The quantitative estimate of drug-likeness (QED) is 0.507. The Kier molecular flexibility index (Phi) is 5.48. The third-order valence-electron chi connectivity index (χ3n) is 2.73. The molecule has 1 aromatic carbocycles. The first-order valence-corrected chi connectivity index (χ1v) is 6.98. The zero-order chi connectivity index (χ0) is 15.9. The second-order valence-electron chi connectivity index (χ2n) is 4.21. The number of amides is 1. The highest BCUT2D eigenvalue weighted by Gasteiger charge is 2.23. The first-order valence-electron chi connectivity index (χ1n) is 6.54. The van der Waals surface area contributed by atoms with Gasteiger partial charge in [-0.3, -0.25) is 4.79 Å². The van der Waals surface area contributed by atoms with Crippen molar-refractivity contribution >= 4 is 35.6 Å². The topological polar surface area (TPSA) is 84.6 Å². The standard InChI is InChI=1S/C14H15ClN4O3/c1-3-22-11-5-4-9(6-12(11)21-2)7-16-18-10-8-17-19-14(20)13(10)15/h4-8,13H,3H2,1-2H3,(H,19,20)/b16-7-,18-10-. The average molecular weight is 323 g/mol. The number of nitrogens with zero attached hydrogens (tertiary/aromatic N) is 3. The van der Waals surface area contributed by atoms with Crippen LogP contribution in [-0.2, 0) is 4.79 Å². The molecule has 1 aromatic rings. The van der Waals surface area contributed by atoms with E-state index in [4.69, 9.17) is 21.1 Å². The molecule has 0 aromatic heterocycles. The highest BCUT2D eigenvalue weighted by atomic mass is 35.5. The van der Waals surface area contributed by atoms with Crippen molar-refractivity contribution in [3.63, 3.8) is 0 Å². The number of carbonyl (C=O) groups is 1. The minimum absolute atomic E-state index is 0.277. The van der Waals surface area contributed by atoms with Crippen LogP contribution in [0.25, 0.3) is 0 Å². The summed E-state index contributed by atoms with van der Waals surface area (Å²) in [7, 11) is 1.56. The number of halogens is 1. The number of benzene rings is 1. The fourth-order valence-corrected chi connectivity index (χ4v) is 1.85. The van der Waals surface area contributed by atoms with Gasteiger partial charge in [0, 0.05) is 0 Å². The zero-order valence-electron chi connectivity index (χ0n) is 12.1. The van der Waals surface area contributed by atoms with Gasteiger partial charge in [-0.25, -0.2) is 5.43 Å². The Labute approximate surface area is 132 Å². The van der Waals surface area contributed by atoms with Gasteiger partial charge in [0.1, 0.15) is 5.71 Å². The third-order valence-corrected chi connectivity index (χ3v) is 3.15. The van der Waals surface area contributed by atoms with E-state index in [0.717, 1.165) is 5.56 Å². The first-order chi connectivity index (χ1) is 10.7. The summed E-state index contributed by atoms with van der Waals surface area (Å²) in [6.07, 6.45) is 2.88. The van der Waals surface area contributed by atoms with Crippen LogP contribution in [0.1, 0.15) is 12.5 Å². The van der Waals surface area contributed by atoms with Crippen LogP contribution < -0.4 is 14.9 Å². The lowest BCUT2D eigenvalue weighted by Crippen LogP contribution is -2.38. The second kappa shape index (κ2) is 7.56. The fraction of sp³-hybridized carbons (Fsp3) is 0.286. The normalized spacial score (nSPS) is 19.5. The molecule has 0 saturated heterocycles. The van der Waals surface area contributed by atoms with Gasteiger partial charge in [0.05, 0.1) is 26.1 Å². The second-order valence-corrected chi connectivity index (χ2v) is 4.65. The summed E-state index contributed by atoms with van der Waals surface area (Å²) < 4.78 is 10.7. The Bertz CT molecular complexity index is 643. The summed E-state index contributed by atoms with van der Waals surface area (Å²) >= 11 is 5.87. The molecule has 1 heterocycles. The van der Waals surface area contributed by atoms with Crippen molar-refractivity contribution in [1.82, 2.24) is 5.43 Å². The molecule has 1 aliphatic heterocycles. The molecule has 1 aliphatic rings. The summed E-state index contributed by atoms with van der Waals surface area (Å²) in [4.78, 5) is 11.3. The molecule has 116 valence electrons. The van der Waals surface area contributed by atoms with Gasteiger partial charge in [-0.15, -0.1) is 11.6 Å². The number of rotatable bonds is 5. The van der Waals surface area contributed by atoms with Gasteiger partial charge in [0.15, 0.2) is 16.9 Å². The van der Waals surface area contributed by atoms with Gasteiger partial charge >= 0.3 is 0 Å². The molecule has 8 heteroatoms. The lowest BCUT2D eigenvalue weighted by Gasteiger charge is -2.10. The molecule has 0 saturated carbocycles. The summed E-state index contributed by atoms with van der Waals surface area (Å²) in [5.74, 6) is 0.832. The number of carbonyl (C=O) groups excluding carboxylic acids is 1. The Morgan fingerprint density at radius 3 is 3.00 bits per heavy atom. The summed E-state index contributed by atoms with van der Waals surface area (Å²) in [6, 6.07) is 5.38. The van der Waals surface area contributed by atoms with Gasteiger partial charge in [-0.2, -0.15) is 15.3 Å². The minimum atomic E-state index is -0.899. The largest absolute Gasteiger partial charge is 0.493 e. The van der Waals surface area contributed by atoms with Crippen LogP contribution in [0.5, 0.6) is 11.5 Å². The maximum atomic E-state index is 11.3. The van der Waals surface area contributed by atoms with Crippen LogP contribution in [0.4, 0.5) is 0 Å². The van der Waals surface area contributed by atoms with E-state index in [-0.39, 0.29) is 5.71 Å². The Morgan fingerprint density at radius 2 is 2.27 bits per heavy atom. The highest BCUT2D eigenvalue weighted by Crippen LogP contribution is 2.27. The van der Waals surface area contributed by atoms with Crippen molar-refractivity contribution in [3.05, 3.63) is 23.8 Å². The molecule has 0 radical (unpaired) electrons. The molecule has 1 amide bonds. The van der Waals surface area contributed by atoms with Gasteiger partial charge in [0.2, 0.25) is 0 Å². The third kappa shape index (κ3) is 3.82. The highest BCUT2D eigenvalue weighted by molar-refractivity contribution is 6.54. The molecule has 0 spiro atoms. The maximum Gasteiger partial charge on any atom is 0.264 e. The van der Waals surface area contributed by atoms with Crippen LogP contribution in [0.2, 0.25) is 0 Å². The zero-order valence-corrected chi connectivity index (χ0v) is 12.9. The molecule has 1 N–H and O–H groups in total. The molecule has 22 heavy (non-hydrogen) atoms. The van der Waals surface area contributed by atoms with Crippen molar-refractivity contribution in [1.29, 1.82) is 0 Å². The summed E-state index contributed by atoms with van der Waals surface area (Å²) in [5, 5.41) is 10.5. The Balaban J connectivity index is 2.15. The summed E-state index contributed by atoms with van der Waals surface area (Å²) in [6.45, 7) is 2.45. The molecule has 7 nitrogen and oxygen atoms in total. The van der Waals surface area contributed by atoms with E-state index in [2.05, 4.69) is 20.7 Å². The smallest absolute Gasteiger partial charge is 0.264 e. The van der Waals surface area contributed by atoms with Crippen molar-refractivity contribution < 1.29 is 14.3 Å². The van der Waals surface area contributed by atoms with Crippen LogP contribution in [0, 0.1) is 0 Å². The Morgan fingerprint density at radius 1 is 1.45 bits per heavy atom. The lowest BCUT2D eigenvalue weighted by atomic mass is 10.2. The van der Waals surface area contributed by atoms with Gasteiger partial charge in [-0.05, 0) is 30.7 Å². The first kappa shape index (κ1) is 16.0. The number of nitrogens with one attached hydrogen (secondary N) is 1. The number of hydrogen-bond donors (Lipinski definition) is 1. The number of alkyl halides is 1. The minimum Gasteiger partial charge on any atom is -0.493 e. The van der Waals surface area contributed by atoms with Crippen molar-refractivity contribution in [3.8, 4) is 11.5 Å². The van der Waals surface area contributed by atoms with Crippen molar-refractivity contribution in [2.24, 2.45) is 15.3 Å². The van der Waals surface area contributed by atoms with Crippen LogP contribution in [-0.4, -0.2) is 43.1 Å². The number of ether oxygens (including phenoxy) is 2. The molecule has 0 fully saturated rings. The molecule has 0 bridgehead atoms. The van der Waals surface area contributed by atoms with Crippen LogP contribution >= 0.6 is 11.6 Å². The van der Waals surface area contributed by atoms with E-state index in [1.165, 1.54) is 12.4 Å². The van der Waals surface area contributed by atoms with Gasteiger partial charge in [0.25, 0.3) is 5.91 Å². The Hall–Kier alpha value is -2.41. The van der Waals surface area contributed by atoms with E-state index in [1.54, 1.807) is 19.2 Å². The van der Waals surface area contributed by atoms with E-state index >= 15 is 0 Å². The van der Waals surface area contributed by atoms with E-state index in [1.807, 2.05) is 13.0 Å². The molecule has 0 aliphatic carbocycles. The molecular weight excluding hydrogens is 308 g/mol. The van der Waals surface area contributed by atoms with Crippen LogP contribution in [0.15, 0.2) is 33.5 Å². The predicted molar refractivity (Wildman–Crippen MR) is 85.5 cm³/mol. The average Bonchev–Trinajstić information content (AvgIpc) is 2.53.